The molecule has 0 amide bonds. The van der Waals surface area contributed by atoms with Gasteiger partial charge < -0.3 is 15.1 Å². The first kappa shape index (κ1) is 14.4. The van der Waals surface area contributed by atoms with E-state index in [4.69, 9.17) is 0 Å². The zero-order valence-corrected chi connectivity index (χ0v) is 12.2. The average molecular weight is 262 g/mol. The summed E-state index contributed by atoms with van der Waals surface area (Å²) in [6.45, 7) is 9.28. The molecule has 1 aromatic heterocycles. The number of aromatic nitrogens is 1. The van der Waals surface area contributed by atoms with E-state index in [2.05, 4.69) is 40.1 Å². The molecular formula is C15H26N4. The lowest BCUT2D eigenvalue weighted by Crippen LogP contribution is -2.45. The van der Waals surface area contributed by atoms with Crippen LogP contribution >= 0.6 is 0 Å². The van der Waals surface area contributed by atoms with Crippen LogP contribution in [-0.4, -0.2) is 61.1 Å². The minimum atomic E-state index is 0.341. The lowest BCUT2D eigenvalue weighted by atomic mass is 10.2. The van der Waals surface area contributed by atoms with E-state index in [1.807, 2.05) is 18.3 Å². The Balaban J connectivity index is 1.59. The second-order valence-electron chi connectivity index (χ2n) is 5.43. The molecule has 0 radical (unpaired) electrons. The smallest absolute Gasteiger partial charge is 0.0570 e. The third kappa shape index (κ3) is 4.90. The highest BCUT2D eigenvalue weighted by Crippen LogP contribution is 2.07. The van der Waals surface area contributed by atoms with Crippen molar-refractivity contribution in [3.05, 3.63) is 30.1 Å². The van der Waals surface area contributed by atoms with Crippen LogP contribution in [0.2, 0.25) is 0 Å². The highest BCUT2D eigenvalue weighted by atomic mass is 15.2. The van der Waals surface area contributed by atoms with Crippen molar-refractivity contribution in [1.82, 2.24) is 20.1 Å². The van der Waals surface area contributed by atoms with Crippen molar-refractivity contribution in [2.45, 2.75) is 19.4 Å². The maximum Gasteiger partial charge on any atom is 0.0570 e. The molecule has 1 aromatic rings. The summed E-state index contributed by atoms with van der Waals surface area (Å²) in [5, 5.41) is 3.55. The molecule has 1 fully saturated rings. The molecule has 4 nitrogen and oxygen atoms in total. The summed E-state index contributed by atoms with van der Waals surface area (Å²) in [5.41, 5.74) is 1.13. The first-order chi connectivity index (χ1) is 9.25. The van der Waals surface area contributed by atoms with Gasteiger partial charge in [0.05, 0.1) is 5.69 Å². The van der Waals surface area contributed by atoms with Crippen molar-refractivity contribution in [2.75, 3.05) is 46.3 Å². The van der Waals surface area contributed by atoms with Gasteiger partial charge in [-0.25, -0.2) is 0 Å². The van der Waals surface area contributed by atoms with Gasteiger partial charge in [0.25, 0.3) is 0 Å². The molecule has 1 aliphatic rings. The summed E-state index contributed by atoms with van der Waals surface area (Å²) < 4.78 is 0. The molecule has 0 saturated carbocycles. The molecule has 0 spiro atoms. The standard InChI is InChI=1S/C15H26N4/c1-14(15-6-3-4-7-17-15)16-8-5-9-19-12-10-18(2)11-13-19/h3-4,6-7,14,16H,5,8-13H2,1-2H3. The Bertz CT molecular complexity index is 346. The SMILES string of the molecule is CC(NCCCN1CCN(C)CC1)c1ccccn1. The van der Waals surface area contributed by atoms with E-state index in [9.17, 15) is 0 Å². The molecule has 0 bridgehead atoms. The van der Waals surface area contributed by atoms with Gasteiger partial charge in [-0.1, -0.05) is 6.07 Å². The molecule has 1 atom stereocenters. The summed E-state index contributed by atoms with van der Waals surface area (Å²) in [6, 6.07) is 6.43. The van der Waals surface area contributed by atoms with Gasteiger partial charge in [0, 0.05) is 38.4 Å². The number of hydrogen-bond donors (Lipinski definition) is 1. The number of likely N-dealkylation sites (N-methyl/N-ethyl adjacent to an activating group) is 1. The fraction of sp³-hybridized carbons (Fsp3) is 0.667. The Kier molecular flexibility index (Phi) is 5.76. The quantitative estimate of drug-likeness (QED) is 0.785. The Morgan fingerprint density at radius 3 is 2.74 bits per heavy atom. The number of nitrogens with one attached hydrogen (secondary N) is 1. The first-order valence-electron chi connectivity index (χ1n) is 7.31. The predicted octanol–water partition coefficient (Wildman–Crippen LogP) is 1.37. The zero-order valence-electron chi connectivity index (χ0n) is 12.2. The van der Waals surface area contributed by atoms with Crippen LogP contribution in [0.5, 0.6) is 0 Å². The van der Waals surface area contributed by atoms with Crippen molar-refractivity contribution in [1.29, 1.82) is 0 Å². The van der Waals surface area contributed by atoms with Gasteiger partial charge in [-0.2, -0.15) is 0 Å². The molecule has 0 aromatic carbocycles. The summed E-state index contributed by atoms with van der Waals surface area (Å²) in [6.07, 6.45) is 3.07. The molecule has 1 saturated heterocycles. The summed E-state index contributed by atoms with van der Waals surface area (Å²) in [4.78, 5) is 9.34. The highest BCUT2D eigenvalue weighted by molar-refractivity contribution is 5.07. The average Bonchev–Trinajstić information content (AvgIpc) is 2.46. The number of rotatable bonds is 6. The lowest BCUT2D eigenvalue weighted by molar-refractivity contribution is 0.152. The number of hydrogen-bond acceptors (Lipinski definition) is 4. The molecule has 4 heteroatoms. The Morgan fingerprint density at radius 2 is 2.05 bits per heavy atom. The Morgan fingerprint density at radius 1 is 1.26 bits per heavy atom. The first-order valence-corrected chi connectivity index (χ1v) is 7.31. The van der Waals surface area contributed by atoms with Crippen LogP contribution in [0.1, 0.15) is 25.1 Å². The van der Waals surface area contributed by atoms with Crippen LogP contribution in [0.4, 0.5) is 0 Å². The molecule has 2 heterocycles. The van der Waals surface area contributed by atoms with E-state index in [1.165, 1.54) is 39.1 Å². The zero-order chi connectivity index (χ0) is 13.5. The largest absolute Gasteiger partial charge is 0.309 e. The topological polar surface area (TPSA) is 31.4 Å². The van der Waals surface area contributed by atoms with Crippen molar-refractivity contribution < 1.29 is 0 Å². The number of pyridine rings is 1. The van der Waals surface area contributed by atoms with Gasteiger partial charge in [-0.15, -0.1) is 0 Å². The van der Waals surface area contributed by atoms with Gasteiger partial charge in [-0.05, 0) is 45.6 Å². The van der Waals surface area contributed by atoms with E-state index < -0.39 is 0 Å². The maximum atomic E-state index is 4.38. The van der Waals surface area contributed by atoms with E-state index in [0.29, 0.717) is 6.04 Å². The third-order valence-corrected chi connectivity index (χ3v) is 3.83. The van der Waals surface area contributed by atoms with Crippen LogP contribution in [-0.2, 0) is 0 Å². The minimum Gasteiger partial charge on any atom is -0.309 e. The van der Waals surface area contributed by atoms with Crippen LogP contribution in [0.3, 0.4) is 0 Å². The molecule has 106 valence electrons. The van der Waals surface area contributed by atoms with Crippen LogP contribution < -0.4 is 5.32 Å². The maximum absolute atomic E-state index is 4.38. The van der Waals surface area contributed by atoms with Crippen LogP contribution in [0.15, 0.2) is 24.4 Å². The normalized spacial score (nSPS) is 19.5. The molecular weight excluding hydrogens is 236 g/mol. The summed E-state index contributed by atoms with van der Waals surface area (Å²) >= 11 is 0. The highest BCUT2D eigenvalue weighted by Gasteiger charge is 2.13. The van der Waals surface area contributed by atoms with Crippen LogP contribution in [0.25, 0.3) is 0 Å². The minimum absolute atomic E-state index is 0.341. The van der Waals surface area contributed by atoms with Crippen LogP contribution in [0, 0.1) is 0 Å². The van der Waals surface area contributed by atoms with Crippen molar-refractivity contribution in [3.8, 4) is 0 Å². The monoisotopic (exact) mass is 262 g/mol. The second-order valence-corrected chi connectivity index (χ2v) is 5.43. The molecule has 0 aliphatic carbocycles. The second kappa shape index (κ2) is 7.58. The molecule has 19 heavy (non-hydrogen) atoms. The van der Waals surface area contributed by atoms with Crippen molar-refractivity contribution >= 4 is 0 Å². The molecule has 1 N–H and O–H groups in total. The van der Waals surface area contributed by atoms with Gasteiger partial charge in [0.2, 0.25) is 0 Å². The summed E-state index contributed by atoms with van der Waals surface area (Å²) in [7, 11) is 2.20. The predicted molar refractivity (Wildman–Crippen MR) is 79.2 cm³/mol. The third-order valence-electron chi connectivity index (χ3n) is 3.83. The van der Waals surface area contributed by atoms with E-state index in [0.717, 1.165) is 12.2 Å². The van der Waals surface area contributed by atoms with E-state index in [1.54, 1.807) is 0 Å². The number of nitrogens with zero attached hydrogens (tertiary/aromatic N) is 3. The van der Waals surface area contributed by atoms with Crippen molar-refractivity contribution in [3.63, 3.8) is 0 Å². The van der Waals surface area contributed by atoms with E-state index >= 15 is 0 Å². The summed E-state index contributed by atoms with van der Waals surface area (Å²) in [5.74, 6) is 0. The van der Waals surface area contributed by atoms with Gasteiger partial charge in [0.1, 0.15) is 0 Å². The fourth-order valence-electron chi connectivity index (χ4n) is 2.43. The van der Waals surface area contributed by atoms with E-state index in [-0.39, 0.29) is 0 Å². The van der Waals surface area contributed by atoms with Gasteiger partial charge in [0.15, 0.2) is 0 Å². The number of piperazine rings is 1. The van der Waals surface area contributed by atoms with Crippen molar-refractivity contribution in [2.24, 2.45) is 0 Å². The Labute approximate surface area is 116 Å². The Hall–Kier alpha value is -0.970. The molecule has 1 unspecified atom stereocenters. The lowest BCUT2D eigenvalue weighted by Gasteiger charge is -2.32. The molecule has 2 rings (SSSR count). The van der Waals surface area contributed by atoms with Gasteiger partial charge in [-0.3, -0.25) is 4.98 Å². The fourth-order valence-corrected chi connectivity index (χ4v) is 2.43. The molecule has 1 aliphatic heterocycles. The van der Waals surface area contributed by atoms with Gasteiger partial charge >= 0.3 is 0 Å².